The molecule has 6 rings (SSSR count). The van der Waals surface area contributed by atoms with Gasteiger partial charge in [-0.1, -0.05) is 13.8 Å². The number of nitrogens with zero attached hydrogens (tertiary/aromatic N) is 3. The number of fused-ring (bicyclic) bond motifs is 1. The number of benzene rings is 2. The number of hydrogen-bond acceptors (Lipinski definition) is 9. The minimum atomic E-state index is -3.89. The highest BCUT2D eigenvalue weighted by atomic mass is 32.2. The number of nitrogens with one attached hydrogen (secondary N) is 2. The number of halogens is 2. The summed E-state index contributed by atoms with van der Waals surface area (Å²) in [5.41, 5.74) is 11.0. The number of alkyl halides is 2. The molecule has 0 unspecified atom stereocenters. The lowest BCUT2D eigenvalue weighted by Gasteiger charge is -2.36. The molecule has 0 radical (unpaired) electrons. The lowest BCUT2D eigenvalue weighted by molar-refractivity contribution is -0.145. The van der Waals surface area contributed by atoms with E-state index in [0.717, 1.165) is 55.8 Å². The SMILES string of the molecule is CC(C)[C@@H](N)C(=O)OCCS(=O)(=O)Nc1ccc(C(=O)Nc2cc3c(c(N4CCC(F)(F)CC4)c2)N(C)CC3)c(N2CCC3(CC2)CC3)c1. The zero-order valence-electron chi connectivity index (χ0n) is 28.6. The summed E-state index contributed by atoms with van der Waals surface area (Å²) in [6.45, 7) is 5.98. The first-order valence-electron chi connectivity index (χ1n) is 17.3. The maximum absolute atomic E-state index is 14.0. The van der Waals surface area contributed by atoms with Crippen LogP contribution in [0.3, 0.4) is 0 Å². The Kier molecular flexibility index (Phi) is 9.75. The molecule has 1 aliphatic carbocycles. The van der Waals surface area contributed by atoms with E-state index in [4.69, 9.17) is 10.5 Å². The van der Waals surface area contributed by atoms with Gasteiger partial charge < -0.3 is 30.5 Å². The molecule has 1 spiro atoms. The highest BCUT2D eigenvalue weighted by Crippen LogP contribution is 2.54. The summed E-state index contributed by atoms with van der Waals surface area (Å²) in [6, 6.07) is 7.87. The summed E-state index contributed by atoms with van der Waals surface area (Å²) in [5, 5.41) is 3.07. The molecule has 1 saturated carbocycles. The van der Waals surface area contributed by atoms with E-state index < -0.39 is 33.7 Å². The largest absolute Gasteiger partial charge is 0.463 e. The number of likely N-dealkylation sites (N-methyl/N-ethyl adjacent to an activating group) is 1. The number of piperidine rings is 2. The van der Waals surface area contributed by atoms with Crippen LogP contribution in [0, 0.1) is 11.3 Å². The molecule has 4 aliphatic rings. The number of carbonyl (C=O) groups is 2. The van der Waals surface area contributed by atoms with Crippen LogP contribution in [0.5, 0.6) is 0 Å². The van der Waals surface area contributed by atoms with Crippen molar-refractivity contribution in [3.8, 4) is 0 Å². The zero-order valence-corrected chi connectivity index (χ0v) is 29.4. The van der Waals surface area contributed by atoms with Crippen molar-refractivity contribution in [3.63, 3.8) is 0 Å². The van der Waals surface area contributed by atoms with Crippen molar-refractivity contribution in [3.05, 3.63) is 41.5 Å². The smallest absolute Gasteiger partial charge is 0.323 e. The first-order chi connectivity index (χ1) is 23.1. The first-order valence-corrected chi connectivity index (χ1v) is 18.9. The van der Waals surface area contributed by atoms with Gasteiger partial charge >= 0.3 is 5.97 Å². The van der Waals surface area contributed by atoms with Crippen molar-refractivity contribution in [1.29, 1.82) is 0 Å². The standard InChI is InChI=1S/C35H48F2N6O5S/c1-23(2)30(38)33(45)48-18-19-49(46,47)40-25-4-5-27(28(21-25)42-14-9-34(7-8-34)10-15-42)32(44)39-26-20-24-6-13-41(3)31(24)29(22-26)43-16-11-35(36,37)12-17-43/h4-5,20-23,30,40H,6-19,38H2,1-3H3,(H,39,44)/t30-/m1/s1. The van der Waals surface area contributed by atoms with Crippen molar-refractivity contribution in [2.75, 3.05) is 76.9 Å². The molecule has 3 heterocycles. The number of hydrogen-bond donors (Lipinski definition) is 3. The van der Waals surface area contributed by atoms with Gasteiger partial charge in [-0.3, -0.25) is 14.3 Å². The van der Waals surface area contributed by atoms with Crippen LogP contribution >= 0.6 is 0 Å². The Morgan fingerprint density at radius 1 is 0.918 bits per heavy atom. The van der Waals surface area contributed by atoms with Crippen LogP contribution in [0.4, 0.5) is 37.2 Å². The van der Waals surface area contributed by atoms with Gasteiger partial charge in [-0.2, -0.15) is 0 Å². The maximum Gasteiger partial charge on any atom is 0.323 e. The van der Waals surface area contributed by atoms with Gasteiger partial charge in [0.15, 0.2) is 0 Å². The van der Waals surface area contributed by atoms with Crippen molar-refractivity contribution in [2.24, 2.45) is 17.1 Å². The fourth-order valence-electron chi connectivity index (χ4n) is 7.09. The Bertz CT molecular complexity index is 1680. The van der Waals surface area contributed by atoms with Gasteiger partial charge in [0.1, 0.15) is 18.4 Å². The van der Waals surface area contributed by atoms with Gasteiger partial charge in [0.05, 0.1) is 28.3 Å². The molecule has 2 aromatic rings. The van der Waals surface area contributed by atoms with E-state index in [1.807, 2.05) is 24.1 Å². The van der Waals surface area contributed by atoms with Gasteiger partial charge in [-0.25, -0.2) is 17.2 Å². The van der Waals surface area contributed by atoms with Crippen molar-refractivity contribution in [1.82, 2.24) is 0 Å². The Morgan fingerprint density at radius 2 is 1.55 bits per heavy atom. The molecular weight excluding hydrogens is 654 g/mol. The molecule has 268 valence electrons. The number of amides is 1. The molecule has 1 amide bonds. The minimum absolute atomic E-state index is 0.141. The molecule has 2 saturated heterocycles. The molecule has 14 heteroatoms. The normalized spacial score (nSPS) is 20.3. The van der Waals surface area contributed by atoms with Gasteiger partial charge in [0, 0.05) is 58.3 Å². The molecule has 0 bridgehead atoms. The molecule has 3 fully saturated rings. The third-order valence-corrected chi connectivity index (χ3v) is 11.8. The molecular formula is C35H48F2N6O5S. The highest BCUT2D eigenvalue weighted by molar-refractivity contribution is 7.92. The molecule has 11 nitrogen and oxygen atoms in total. The van der Waals surface area contributed by atoms with Crippen molar-refractivity contribution >= 4 is 50.3 Å². The highest BCUT2D eigenvalue weighted by Gasteiger charge is 2.45. The first kappa shape index (κ1) is 35.2. The van der Waals surface area contributed by atoms with E-state index in [9.17, 15) is 26.8 Å². The van der Waals surface area contributed by atoms with Gasteiger partial charge in [-0.05, 0) is 79.3 Å². The average Bonchev–Trinajstić information content (AvgIpc) is 3.70. The molecule has 1 atom stereocenters. The summed E-state index contributed by atoms with van der Waals surface area (Å²) < 4.78 is 61.6. The second-order valence-corrected chi connectivity index (χ2v) is 16.4. The summed E-state index contributed by atoms with van der Waals surface area (Å²) >= 11 is 0. The van der Waals surface area contributed by atoms with Gasteiger partial charge in [-0.15, -0.1) is 0 Å². The van der Waals surface area contributed by atoms with Crippen LogP contribution < -0.4 is 30.5 Å². The summed E-state index contributed by atoms with van der Waals surface area (Å²) in [4.78, 5) is 32.3. The van der Waals surface area contributed by atoms with Gasteiger partial charge in [0.2, 0.25) is 10.0 Å². The number of carbonyl (C=O) groups excluding carboxylic acids is 2. The number of ether oxygens (including phenoxy) is 1. The van der Waals surface area contributed by atoms with Crippen LogP contribution in [0.25, 0.3) is 0 Å². The number of nitrogens with two attached hydrogens (primary N) is 1. The van der Waals surface area contributed by atoms with Crippen molar-refractivity contribution < 1.29 is 31.5 Å². The quantitative estimate of drug-likeness (QED) is 0.282. The van der Waals surface area contributed by atoms with Crippen LogP contribution in [-0.2, 0) is 26.0 Å². The maximum atomic E-state index is 14.0. The van der Waals surface area contributed by atoms with E-state index >= 15 is 0 Å². The van der Waals surface area contributed by atoms with E-state index in [-0.39, 0.29) is 44.4 Å². The minimum Gasteiger partial charge on any atom is -0.463 e. The summed E-state index contributed by atoms with van der Waals surface area (Å²) in [7, 11) is -1.90. The number of rotatable bonds is 11. The Balaban J connectivity index is 1.22. The van der Waals surface area contributed by atoms with E-state index in [0.29, 0.717) is 28.0 Å². The van der Waals surface area contributed by atoms with Crippen LogP contribution in [0.15, 0.2) is 30.3 Å². The third kappa shape index (κ3) is 8.06. The summed E-state index contributed by atoms with van der Waals surface area (Å²) in [5.74, 6) is -4.25. The Labute approximate surface area is 287 Å². The summed E-state index contributed by atoms with van der Waals surface area (Å²) in [6.07, 6.45) is 4.80. The lowest BCUT2D eigenvalue weighted by atomic mass is 9.93. The number of anilines is 5. The Morgan fingerprint density at radius 3 is 2.20 bits per heavy atom. The van der Waals surface area contributed by atoms with Crippen molar-refractivity contribution in [2.45, 2.75) is 70.8 Å². The third-order valence-electron chi connectivity index (χ3n) is 10.6. The Hall–Kier alpha value is -3.65. The van der Waals surface area contributed by atoms with E-state index in [1.165, 1.54) is 12.8 Å². The molecule has 3 aliphatic heterocycles. The second kappa shape index (κ2) is 13.6. The predicted molar refractivity (Wildman–Crippen MR) is 189 cm³/mol. The lowest BCUT2D eigenvalue weighted by Crippen LogP contribution is -2.40. The second-order valence-electron chi connectivity index (χ2n) is 14.5. The fourth-order valence-corrected chi connectivity index (χ4v) is 7.98. The molecule has 2 aromatic carbocycles. The number of sulfonamides is 1. The topological polar surface area (TPSA) is 137 Å². The molecule has 4 N–H and O–H groups in total. The van der Waals surface area contributed by atoms with Gasteiger partial charge in [0.25, 0.3) is 11.8 Å². The van der Waals surface area contributed by atoms with Crippen LogP contribution in [-0.4, -0.2) is 84.4 Å². The molecule has 0 aromatic heterocycles. The van der Waals surface area contributed by atoms with Crippen LogP contribution in [0.2, 0.25) is 0 Å². The fraction of sp³-hybridized carbons (Fsp3) is 0.600. The zero-order chi connectivity index (χ0) is 35.1. The van der Waals surface area contributed by atoms with E-state index in [1.54, 1.807) is 32.0 Å². The monoisotopic (exact) mass is 702 g/mol. The number of esters is 1. The predicted octanol–water partition coefficient (Wildman–Crippen LogP) is 4.82. The molecule has 49 heavy (non-hydrogen) atoms. The van der Waals surface area contributed by atoms with E-state index in [2.05, 4.69) is 19.8 Å². The van der Waals surface area contributed by atoms with Crippen LogP contribution in [0.1, 0.15) is 68.3 Å². The average molecular weight is 703 g/mol.